The minimum Gasteiger partial charge on any atom is -0.383 e. The molecule has 10 heteroatoms. The van der Waals surface area contributed by atoms with Crippen LogP contribution in [-0.4, -0.2) is 36.9 Å². The lowest BCUT2D eigenvalue weighted by atomic mass is 10.1. The van der Waals surface area contributed by atoms with Crippen LogP contribution in [-0.2, 0) is 23.5 Å². The number of aliphatic imine (C=N–C) groups is 1. The van der Waals surface area contributed by atoms with Gasteiger partial charge in [0.1, 0.15) is 12.2 Å². The van der Waals surface area contributed by atoms with E-state index in [1.54, 1.807) is 25.1 Å². The van der Waals surface area contributed by atoms with Gasteiger partial charge >= 0.3 is 6.18 Å². The molecule has 0 aliphatic heterocycles. The van der Waals surface area contributed by atoms with Crippen LogP contribution in [0.15, 0.2) is 46.8 Å². The summed E-state index contributed by atoms with van der Waals surface area (Å²) in [6.07, 6.45) is -4.33. The van der Waals surface area contributed by atoms with Crippen molar-refractivity contribution >= 4 is 41.3 Å². The summed E-state index contributed by atoms with van der Waals surface area (Å²) in [5.41, 5.74) is 0.473. The Morgan fingerprint density at radius 2 is 1.90 bits per heavy atom. The Morgan fingerprint density at radius 1 is 1.17 bits per heavy atom. The number of nitrogens with one attached hydrogen (secondary N) is 2. The smallest absolute Gasteiger partial charge is 0.383 e. The van der Waals surface area contributed by atoms with E-state index < -0.39 is 18.4 Å². The van der Waals surface area contributed by atoms with Crippen molar-refractivity contribution in [1.29, 1.82) is 0 Å². The number of hydrogen-bond acceptors (Lipinski definition) is 4. The molecule has 168 valence electrons. The third-order valence-corrected chi connectivity index (χ3v) is 5.06. The molecule has 3 N–H and O–H groups in total. The Balaban J connectivity index is 0.00000450. The third-order valence-electron chi connectivity index (χ3n) is 3.94. The van der Waals surface area contributed by atoms with Crippen molar-refractivity contribution in [2.24, 2.45) is 4.99 Å². The van der Waals surface area contributed by atoms with Crippen LogP contribution >= 0.6 is 35.3 Å². The first kappa shape index (κ1) is 26.7. The van der Waals surface area contributed by atoms with Crippen LogP contribution in [0.1, 0.15) is 29.9 Å². The maximum Gasteiger partial charge on any atom is 0.411 e. The molecule has 1 aromatic heterocycles. The van der Waals surface area contributed by atoms with Gasteiger partial charge in [-0.3, -0.25) is 0 Å². The molecule has 1 atom stereocenters. The molecule has 0 aliphatic carbocycles. The van der Waals surface area contributed by atoms with Gasteiger partial charge in [0.2, 0.25) is 0 Å². The summed E-state index contributed by atoms with van der Waals surface area (Å²) in [5, 5.41) is 18.8. The van der Waals surface area contributed by atoms with Crippen molar-refractivity contribution in [2.45, 2.75) is 38.8 Å². The van der Waals surface area contributed by atoms with Gasteiger partial charge < -0.3 is 20.5 Å². The maximum atomic E-state index is 12.2. The second kappa shape index (κ2) is 12.5. The molecule has 2 aromatic rings. The Kier molecular flexibility index (Phi) is 11.1. The van der Waals surface area contributed by atoms with Gasteiger partial charge in [-0.25, -0.2) is 4.99 Å². The van der Waals surface area contributed by atoms with E-state index in [9.17, 15) is 18.3 Å². The van der Waals surface area contributed by atoms with Crippen LogP contribution in [0.5, 0.6) is 0 Å². The highest BCUT2D eigenvalue weighted by atomic mass is 127. The molecule has 30 heavy (non-hydrogen) atoms. The second-order valence-electron chi connectivity index (χ2n) is 6.73. The van der Waals surface area contributed by atoms with Crippen LogP contribution in [0.4, 0.5) is 13.2 Å². The summed E-state index contributed by atoms with van der Waals surface area (Å²) in [5.74, 6) is 0.544. The number of halogens is 4. The topological polar surface area (TPSA) is 65.9 Å². The van der Waals surface area contributed by atoms with E-state index in [4.69, 9.17) is 4.74 Å². The molecule has 0 amide bonds. The van der Waals surface area contributed by atoms with Gasteiger partial charge in [-0.1, -0.05) is 30.3 Å². The molecule has 2 rings (SSSR count). The highest BCUT2D eigenvalue weighted by Gasteiger charge is 2.27. The average molecular weight is 557 g/mol. The highest BCUT2D eigenvalue weighted by molar-refractivity contribution is 14.0. The van der Waals surface area contributed by atoms with Gasteiger partial charge in [0.25, 0.3) is 0 Å². The van der Waals surface area contributed by atoms with Crippen molar-refractivity contribution in [3.63, 3.8) is 0 Å². The first-order chi connectivity index (χ1) is 13.7. The molecule has 0 radical (unpaired) electrons. The van der Waals surface area contributed by atoms with E-state index >= 15 is 0 Å². The number of hydrogen-bond donors (Lipinski definition) is 3. The van der Waals surface area contributed by atoms with E-state index in [2.05, 4.69) is 15.6 Å². The number of aliphatic hydroxyl groups is 1. The fourth-order valence-corrected chi connectivity index (χ4v) is 3.33. The van der Waals surface area contributed by atoms with Crippen LogP contribution < -0.4 is 10.6 Å². The summed E-state index contributed by atoms with van der Waals surface area (Å²) in [7, 11) is 0. The Labute approximate surface area is 195 Å². The third kappa shape index (κ3) is 9.63. The zero-order valence-electron chi connectivity index (χ0n) is 16.8. The lowest BCUT2D eigenvalue weighted by Gasteiger charge is -2.23. The second-order valence-corrected chi connectivity index (χ2v) is 7.68. The molecule has 0 aliphatic rings. The molecule has 0 saturated heterocycles. The number of benzene rings is 1. The van der Waals surface area contributed by atoms with Crippen LogP contribution in [0, 0.1) is 0 Å². The van der Waals surface area contributed by atoms with E-state index in [1.807, 2.05) is 30.5 Å². The summed E-state index contributed by atoms with van der Waals surface area (Å²) in [6.45, 7) is 3.56. The number of ether oxygens (including phenoxy) is 1. The standard InChI is InChI=1S/C20H26F3N3O2S.HI/c1-3-24-18(26-13-19(2,27)17-8-5-9-29-17)25-11-15-6-4-7-16(10-15)12-28-14-20(21,22)23;/h4-10,27H,3,11-14H2,1-2H3,(H2,24,25,26);1H. The minimum atomic E-state index is -4.33. The first-order valence-corrected chi connectivity index (χ1v) is 10.1. The minimum absolute atomic E-state index is 0. The Morgan fingerprint density at radius 3 is 2.53 bits per heavy atom. The quantitative estimate of drug-likeness (QED) is 0.243. The fourth-order valence-electron chi connectivity index (χ4n) is 2.54. The van der Waals surface area contributed by atoms with E-state index in [0.29, 0.717) is 24.6 Å². The predicted octanol–water partition coefficient (Wildman–Crippen LogP) is 4.41. The van der Waals surface area contributed by atoms with Gasteiger partial charge in [-0.2, -0.15) is 13.2 Å². The van der Waals surface area contributed by atoms with Gasteiger partial charge in [0, 0.05) is 11.4 Å². The molecule has 1 unspecified atom stereocenters. The highest BCUT2D eigenvalue weighted by Crippen LogP contribution is 2.24. The lowest BCUT2D eigenvalue weighted by Crippen LogP contribution is -2.44. The van der Waals surface area contributed by atoms with Crippen molar-refractivity contribution in [2.75, 3.05) is 19.7 Å². The summed E-state index contributed by atoms with van der Waals surface area (Å²) >= 11 is 1.48. The number of thiophene rings is 1. The van der Waals surface area contributed by atoms with E-state index in [0.717, 1.165) is 10.4 Å². The Bertz CT molecular complexity index is 784. The molecule has 0 saturated carbocycles. The Hall–Kier alpha value is -1.37. The molecule has 0 fully saturated rings. The monoisotopic (exact) mass is 557 g/mol. The normalized spacial score (nSPS) is 14.0. The van der Waals surface area contributed by atoms with Crippen molar-refractivity contribution < 1.29 is 23.0 Å². The van der Waals surface area contributed by atoms with Gasteiger partial charge in [0.15, 0.2) is 5.96 Å². The number of guanidine groups is 1. The van der Waals surface area contributed by atoms with Crippen LogP contribution in [0.2, 0.25) is 0 Å². The zero-order chi connectivity index (χ0) is 21.3. The molecule has 1 heterocycles. The predicted molar refractivity (Wildman–Crippen MR) is 124 cm³/mol. The van der Waals surface area contributed by atoms with E-state index in [1.165, 1.54) is 11.3 Å². The molecule has 0 bridgehead atoms. The first-order valence-electron chi connectivity index (χ1n) is 9.20. The number of alkyl halides is 3. The average Bonchev–Trinajstić information content (AvgIpc) is 3.19. The SMILES string of the molecule is CCNC(=NCc1cccc(COCC(F)(F)F)c1)NCC(C)(O)c1cccs1.I. The molecule has 5 nitrogen and oxygen atoms in total. The molecular weight excluding hydrogens is 530 g/mol. The van der Waals surface area contributed by atoms with Crippen LogP contribution in [0.25, 0.3) is 0 Å². The number of nitrogens with zero attached hydrogens (tertiary/aromatic N) is 1. The maximum absolute atomic E-state index is 12.2. The summed E-state index contributed by atoms with van der Waals surface area (Å²) in [6, 6.07) is 10.9. The van der Waals surface area contributed by atoms with Crippen molar-refractivity contribution in [3.8, 4) is 0 Å². The van der Waals surface area contributed by atoms with Gasteiger partial charge in [-0.05, 0) is 36.4 Å². The van der Waals surface area contributed by atoms with E-state index in [-0.39, 0.29) is 37.1 Å². The lowest BCUT2D eigenvalue weighted by molar-refractivity contribution is -0.176. The fraction of sp³-hybridized carbons (Fsp3) is 0.450. The summed E-state index contributed by atoms with van der Waals surface area (Å²) < 4.78 is 41.3. The van der Waals surface area contributed by atoms with Crippen molar-refractivity contribution in [1.82, 2.24) is 10.6 Å². The van der Waals surface area contributed by atoms with Crippen LogP contribution in [0.3, 0.4) is 0 Å². The van der Waals surface area contributed by atoms with Crippen molar-refractivity contribution in [3.05, 3.63) is 57.8 Å². The summed E-state index contributed by atoms with van der Waals surface area (Å²) in [4.78, 5) is 5.35. The van der Waals surface area contributed by atoms with Gasteiger partial charge in [-0.15, -0.1) is 35.3 Å². The number of rotatable bonds is 9. The van der Waals surface area contributed by atoms with Gasteiger partial charge in [0.05, 0.1) is 19.7 Å². The molecular formula is C20H27F3IN3O2S. The zero-order valence-corrected chi connectivity index (χ0v) is 20.0. The largest absolute Gasteiger partial charge is 0.411 e. The molecule has 1 aromatic carbocycles. The molecule has 0 spiro atoms.